The Balaban J connectivity index is 1.61. The topological polar surface area (TPSA) is 111 Å². The zero-order valence-electron chi connectivity index (χ0n) is 17.6. The first-order valence-electron chi connectivity index (χ1n) is 10.3. The molecule has 1 N–H and O–H groups in total. The number of pyridine rings is 1. The Morgan fingerprint density at radius 1 is 1.16 bits per heavy atom. The molecular weight excluding hydrogens is 402 g/mol. The minimum Gasteiger partial charge on any atom is -0.454 e. The van der Waals surface area contributed by atoms with E-state index in [2.05, 4.69) is 37.4 Å². The summed E-state index contributed by atoms with van der Waals surface area (Å²) in [5.74, 6) is 1.94. The number of nitrogens with zero attached hydrogens (tertiary/aromatic N) is 6. The molecule has 31 heavy (non-hydrogen) atoms. The van der Waals surface area contributed by atoms with E-state index < -0.39 is 0 Å². The summed E-state index contributed by atoms with van der Waals surface area (Å²) >= 11 is 0. The number of H-pyrrole nitrogens is 1. The summed E-state index contributed by atoms with van der Waals surface area (Å²) in [6, 6.07) is 5.23. The Morgan fingerprint density at radius 3 is 2.71 bits per heavy atom. The molecule has 164 valence electrons. The van der Waals surface area contributed by atoms with Crippen molar-refractivity contribution in [2.75, 3.05) is 53.7 Å². The quantitative estimate of drug-likeness (QED) is 0.591. The predicted molar refractivity (Wildman–Crippen MR) is 111 cm³/mol. The molecule has 0 spiro atoms. The van der Waals surface area contributed by atoms with Crippen LogP contribution in [0.15, 0.2) is 23.0 Å². The number of aromatic nitrogens is 5. The third-order valence-electron chi connectivity index (χ3n) is 5.88. The second-order valence-electron chi connectivity index (χ2n) is 7.84. The van der Waals surface area contributed by atoms with Crippen LogP contribution < -0.4 is 15.0 Å². The predicted octanol–water partition coefficient (Wildman–Crippen LogP) is 0.227. The summed E-state index contributed by atoms with van der Waals surface area (Å²) < 4.78 is 17.9. The highest BCUT2D eigenvalue weighted by Crippen LogP contribution is 2.36. The van der Waals surface area contributed by atoms with E-state index in [1.807, 2.05) is 12.1 Å². The largest absolute Gasteiger partial charge is 0.454 e. The van der Waals surface area contributed by atoms with Crippen molar-refractivity contribution in [3.63, 3.8) is 0 Å². The molecule has 1 atom stereocenters. The SMILES string of the molecule is COCCn1nnnc1[C@@H](c1cc2cc3c(cc2[nH]c1=O)OCO3)N1CCN(C)CC1. The summed E-state index contributed by atoms with van der Waals surface area (Å²) in [5, 5.41) is 13.2. The lowest BCUT2D eigenvalue weighted by atomic mass is 10.0. The molecule has 2 aliphatic heterocycles. The van der Waals surface area contributed by atoms with Gasteiger partial charge in [0.25, 0.3) is 5.56 Å². The van der Waals surface area contributed by atoms with Gasteiger partial charge in [0, 0.05) is 50.3 Å². The molecule has 5 rings (SSSR count). The van der Waals surface area contributed by atoms with Crippen LogP contribution in [0, 0.1) is 0 Å². The minimum absolute atomic E-state index is 0.170. The smallest absolute Gasteiger partial charge is 0.253 e. The minimum atomic E-state index is -0.376. The number of fused-ring (bicyclic) bond motifs is 2. The lowest BCUT2D eigenvalue weighted by molar-refractivity contribution is 0.119. The van der Waals surface area contributed by atoms with Gasteiger partial charge in [0.15, 0.2) is 17.3 Å². The average Bonchev–Trinajstić information content (AvgIpc) is 3.41. The molecule has 0 aliphatic carbocycles. The van der Waals surface area contributed by atoms with Gasteiger partial charge in [0.1, 0.15) is 6.04 Å². The average molecular weight is 427 g/mol. The lowest BCUT2D eigenvalue weighted by Gasteiger charge is -2.37. The number of ether oxygens (including phenoxy) is 3. The number of tetrazole rings is 1. The van der Waals surface area contributed by atoms with Crippen LogP contribution in [0.1, 0.15) is 17.4 Å². The van der Waals surface area contributed by atoms with Crippen LogP contribution in [-0.2, 0) is 11.3 Å². The number of rotatable bonds is 6. The van der Waals surface area contributed by atoms with Crippen LogP contribution in [0.2, 0.25) is 0 Å². The number of hydrogen-bond donors (Lipinski definition) is 1. The van der Waals surface area contributed by atoms with Crippen molar-refractivity contribution in [2.45, 2.75) is 12.6 Å². The third kappa shape index (κ3) is 3.75. The van der Waals surface area contributed by atoms with Gasteiger partial charge in [0.2, 0.25) is 6.79 Å². The normalized spacial score (nSPS) is 18.0. The number of nitrogens with one attached hydrogen (secondary N) is 1. The molecule has 0 radical (unpaired) electrons. The fourth-order valence-electron chi connectivity index (χ4n) is 4.14. The molecule has 0 unspecified atom stereocenters. The first kappa shape index (κ1) is 19.9. The van der Waals surface area contributed by atoms with Gasteiger partial charge < -0.3 is 24.1 Å². The molecule has 2 aromatic heterocycles. The molecule has 0 saturated carbocycles. The number of aromatic amines is 1. The first-order chi connectivity index (χ1) is 15.1. The van der Waals surface area contributed by atoms with Crippen LogP contribution in [0.3, 0.4) is 0 Å². The molecule has 1 fully saturated rings. The van der Waals surface area contributed by atoms with Crippen molar-refractivity contribution in [1.29, 1.82) is 0 Å². The molecule has 1 saturated heterocycles. The van der Waals surface area contributed by atoms with E-state index in [0.717, 1.165) is 31.6 Å². The highest BCUT2D eigenvalue weighted by atomic mass is 16.7. The zero-order valence-corrected chi connectivity index (χ0v) is 17.6. The summed E-state index contributed by atoms with van der Waals surface area (Å²) in [4.78, 5) is 20.8. The van der Waals surface area contributed by atoms with Crippen molar-refractivity contribution >= 4 is 10.9 Å². The van der Waals surface area contributed by atoms with E-state index >= 15 is 0 Å². The molecule has 11 nitrogen and oxygen atoms in total. The maximum Gasteiger partial charge on any atom is 0.253 e. The van der Waals surface area contributed by atoms with Gasteiger partial charge in [-0.1, -0.05) is 0 Å². The fourth-order valence-corrected chi connectivity index (χ4v) is 4.14. The molecule has 1 aromatic carbocycles. The first-order valence-corrected chi connectivity index (χ1v) is 10.3. The van der Waals surface area contributed by atoms with Gasteiger partial charge in [-0.3, -0.25) is 9.69 Å². The standard InChI is InChI=1S/C20H25N7O4/c1-25-3-5-26(6-4-25)18(19-22-23-24-27(19)7-8-29-2)14-9-13-10-16-17(31-12-30-16)11-15(13)21-20(14)28/h9-11,18H,3-8,12H2,1-2H3,(H,21,28)/t18-/m1/s1. The maximum atomic E-state index is 13.2. The fraction of sp³-hybridized carbons (Fsp3) is 0.500. The summed E-state index contributed by atoms with van der Waals surface area (Å²) in [7, 11) is 3.74. The van der Waals surface area contributed by atoms with Crippen molar-refractivity contribution < 1.29 is 14.2 Å². The van der Waals surface area contributed by atoms with E-state index in [0.29, 0.717) is 41.6 Å². The maximum absolute atomic E-state index is 13.2. The highest BCUT2D eigenvalue weighted by Gasteiger charge is 2.32. The third-order valence-corrected chi connectivity index (χ3v) is 5.88. The number of piperazine rings is 1. The van der Waals surface area contributed by atoms with Gasteiger partial charge in [-0.25, -0.2) is 4.68 Å². The van der Waals surface area contributed by atoms with Gasteiger partial charge in [0.05, 0.1) is 18.7 Å². The number of likely N-dealkylation sites (N-methyl/N-ethyl adjacent to an activating group) is 1. The van der Waals surface area contributed by atoms with Crippen LogP contribution in [0.5, 0.6) is 11.5 Å². The summed E-state index contributed by atoms with van der Waals surface area (Å²) in [5.41, 5.74) is 1.13. The zero-order chi connectivity index (χ0) is 21.4. The van der Waals surface area contributed by atoms with Gasteiger partial charge in [-0.2, -0.15) is 0 Å². The van der Waals surface area contributed by atoms with Crippen molar-refractivity contribution in [2.24, 2.45) is 0 Å². The van der Waals surface area contributed by atoms with Crippen molar-refractivity contribution in [3.05, 3.63) is 39.9 Å². The van der Waals surface area contributed by atoms with Crippen LogP contribution in [0.25, 0.3) is 10.9 Å². The van der Waals surface area contributed by atoms with Crippen molar-refractivity contribution in [1.82, 2.24) is 35.0 Å². The number of hydrogen-bond acceptors (Lipinski definition) is 9. The summed E-state index contributed by atoms with van der Waals surface area (Å²) in [6.45, 7) is 4.58. The van der Waals surface area contributed by atoms with Crippen molar-refractivity contribution in [3.8, 4) is 11.5 Å². The molecule has 0 bridgehead atoms. The van der Waals surface area contributed by atoms with E-state index in [-0.39, 0.29) is 18.4 Å². The number of methoxy groups -OCH3 is 1. The molecule has 2 aliphatic rings. The van der Waals surface area contributed by atoms with Crippen LogP contribution in [-0.4, -0.2) is 88.7 Å². The lowest BCUT2D eigenvalue weighted by Crippen LogP contribution is -2.47. The number of benzene rings is 1. The molecular formula is C20H25N7O4. The molecule has 11 heteroatoms. The Kier molecular flexibility index (Phi) is 5.30. The van der Waals surface area contributed by atoms with E-state index in [9.17, 15) is 4.79 Å². The van der Waals surface area contributed by atoms with E-state index in [1.165, 1.54) is 0 Å². The second-order valence-corrected chi connectivity index (χ2v) is 7.84. The Hall–Kier alpha value is -3.02. The highest BCUT2D eigenvalue weighted by molar-refractivity contribution is 5.83. The van der Waals surface area contributed by atoms with Gasteiger partial charge in [-0.15, -0.1) is 5.10 Å². The Bertz CT molecular complexity index is 1140. The van der Waals surface area contributed by atoms with Gasteiger partial charge in [-0.05, 0) is 29.6 Å². The van der Waals surface area contributed by atoms with E-state index in [4.69, 9.17) is 14.2 Å². The molecule has 0 amide bonds. The molecule has 3 aromatic rings. The van der Waals surface area contributed by atoms with Crippen LogP contribution >= 0.6 is 0 Å². The summed E-state index contributed by atoms with van der Waals surface area (Å²) in [6.07, 6.45) is 0. The van der Waals surface area contributed by atoms with E-state index in [1.54, 1.807) is 17.9 Å². The monoisotopic (exact) mass is 427 g/mol. The van der Waals surface area contributed by atoms with Gasteiger partial charge >= 0.3 is 0 Å². The Morgan fingerprint density at radius 2 is 1.94 bits per heavy atom. The molecule has 4 heterocycles. The Labute approximate surface area is 178 Å². The van der Waals surface area contributed by atoms with Crippen LogP contribution in [0.4, 0.5) is 0 Å². The second kappa shape index (κ2) is 8.25.